The summed E-state index contributed by atoms with van der Waals surface area (Å²) < 4.78 is 13.5. The summed E-state index contributed by atoms with van der Waals surface area (Å²) in [5.74, 6) is -0.734. The van der Waals surface area contributed by atoms with Crippen LogP contribution in [0.5, 0.6) is 0 Å². The minimum absolute atomic E-state index is 0. The van der Waals surface area contributed by atoms with Gasteiger partial charge in [-0.1, -0.05) is 37.5 Å². The van der Waals surface area contributed by atoms with Crippen LogP contribution in [0.15, 0.2) is 24.3 Å². The summed E-state index contributed by atoms with van der Waals surface area (Å²) in [6, 6.07) is 5.99. The van der Waals surface area contributed by atoms with E-state index in [-0.39, 0.29) is 30.4 Å². The molecule has 0 radical (unpaired) electrons. The van der Waals surface area contributed by atoms with E-state index >= 15 is 0 Å². The second-order valence-electron chi connectivity index (χ2n) is 5.46. The normalized spacial score (nSPS) is 18.4. The molecule has 1 amide bonds. The largest absolute Gasteiger partial charge is 0.386 e. The zero-order valence-corrected chi connectivity index (χ0v) is 12.7. The SMILES string of the molecule is Cl.NC1(C(=O)NCC(O)c2ccccc2F)CCCCC1. The maximum absolute atomic E-state index is 13.5. The molecule has 1 unspecified atom stereocenters. The molecule has 1 aromatic carbocycles. The van der Waals surface area contributed by atoms with Gasteiger partial charge in [0.1, 0.15) is 5.82 Å². The van der Waals surface area contributed by atoms with Crippen LogP contribution < -0.4 is 11.1 Å². The third-order valence-corrected chi connectivity index (χ3v) is 3.92. The predicted molar refractivity (Wildman–Crippen MR) is 81.6 cm³/mol. The molecule has 0 bridgehead atoms. The van der Waals surface area contributed by atoms with Gasteiger partial charge in [-0.25, -0.2) is 4.39 Å². The van der Waals surface area contributed by atoms with Crippen LogP contribution in [0.2, 0.25) is 0 Å². The van der Waals surface area contributed by atoms with Crippen LogP contribution in [-0.4, -0.2) is 23.1 Å². The Labute approximate surface area is 130 Å². The zero-order valence-electron chi connectivity index (χ0n) is 11.8. The Morgan fingerprint density at radius 3 is 2.57 bits per heavy atom. The van der Waals surface area contributed by atoms with Crippen molar-refractivity contribution in [1.29, 1.82) is 0 Å². The molecule has 0 heterocycles. The predicted octanol–water partition coefficient (Wildman–Crippen LogP) is 2.06. The van der Waals surface area contributed by atoms with Gasteiger partial charge in [0.05, 0.1) is 11.6 Å². The van der Waals surface area contributed by atoms with Crippen molar-refractivity contribution < 1.29 is 14.3 Å². The number of amides is 1. The van der Waals surface area contributed by atoms with Crippen LogP contribution in [-0.2, 0) is 4.79 Å². The zero-order chi connectivity index (χ0) is 14.6. The average Bonchev–Trinajstić information content (AvgIpc) is 2.45. The lowest BCUT2D eigenvalue weighted by Crippen LogP contribution is -2.55. The molecule has 2 rings (SSSR count). The highest BCUT2D eigenvalue weighted by Gasteiger charge is 2.35. The lowest BCUT2D eigenvalue weighted by molar-refractivity contribution is -0.128. The molecule has 1 aliphatic carbocycles. The Kier molecular flexibility index (Phi) is 6.58. The summed E-state index contributed by atoms with van der Waals surface area (Å²) in [5, 5.41) is 12.6. The standard InChI is InChI=1S/C15H21FN2O2.ClH/c16-12-7-3-2-6-11(12)13(19)10-18-14(20)15(17)8-4-1-5-9-15;/h2-3,6-7,13,19H,1,4-5,8-10,17H2,(H,18,20);1H. The number of nitrogens with two attached hydrogens (primary N) is 1. The molecule has 0 aromatic heterocycles. The summed E-state index contributed by atoms with van der Waals surface area (Å²) in [6.45, 7) is -0.0291. The second-order valence-corrected chi connectivity index (χ2v) is 5.46. The van der Waals surface area contributed by atoms with Crippen LogP contribution in [0.3, 0.4) is 0 Å². The van der Waals surface area contributed by atoms with Crippen molar-refractivity contribution in [2.75, 3.05) is 6.54 Å². The van der Waals surface area contributed by atoms with Gasteiger partial charge in [-0.15, -0.1) is 12.4 Å². The van der Waals surface area contributed by atoms with Gasteiger partial charge in [0.15, 0.2) is 0 Å². The third-order valence-electron chi connectivity index (χ3n) is 3.92. The summed E-state index contributed by atoms with van der Waals surface area (Å²) in [7, 11) is 0. The molecule has 21 heavy (non-hydrogen) atoms. The van der Waals surface area contributed by atoms with E-state index in [0.717, 1.165) is 19.3 Å². The van der Waals surface area contributed by atoms with Crippen molar-refractivity contribution in [2.45, 2.75) is 43.7 Å². The van der Waals surface area contributed by atoms with E-state index in [0.29, 0.717) is 12.8 Å². The lowest BCUT2D eigenvalue weighted by Gasteiger charge is -2.32. The number of aliphatic hydroxyl groups excluding tert-OH is 1. The summed E-state index contributed by atoms with van der Waals surface area (Å²) in [5.41, 5.74) is 5.43. The first-order chi connectivity index (χ1) is 9.53. The maximum atomic E-state index is 13.5. The van der Waals surface area contributed by atoms with E-state index in [9.17, 15) is 14.3 Å². The highest BCUT2D eigenvalue weighted by molar-refractivity contribution is 5.86. The number of benzene rings is 1. The molecule has 6 heteroatoms. The molecule has 0 saturated heterocycles. The fraction of sp³-hybridized carbons (Fsp3) is 0.533. The third kappa shape index (κ3) is 4.40. The Balaban J connectivity index is 0.00000220. The van der Waals surface area contributed by atoms with E-state index in [4.69, 9.17) is 5.73 Å². The van der Waals surface area contributed by atoms with Crippen molar-refractivity contribution in [2.24, 2.45) is 5.73 Å². The molecule has 1 fully saturated rings. The van der Waals surface area contributed by atoms with E-state index in [2.05, 4.69) is 5.32 Å². The Hall–Kier alpha value is -1.17. The van der Waals surface area contributed by atoms with Crippen molar-refractivity contribution in [1.82, 2.24) is 5.32 Å². The number of aliphatic hydroxyl groups is 1. The molecule has 0 aliphatic heterocycles. The van der Waals surface area contributed by atoms with Crippen LogP contribution in [0, 0.1) is 5.82 Å². The van der Waals surface area contributed by atoms with E-state index < -0.39 is 17.5 Å². The average molecular weight is 317 g/mol. The monoisotopic (exact) mass is 316 g/mol. The van der Waals surface area contributed by atoms with Gasteiger partial charge in [-0.05, 0) is 18.9 Å². The van der Waals surface area contributed by atoms with Crippen LogP contribution in [0.4, 0.5) is 4.39 Å². The number of carbonyl (C=O) groups is 1. The van der Waals surface area contributed by atoms with Gasteiger partial charge in [-0.3, -0.25) is 4.79 Å². The highest BCUT2D eigenvalue weighted by atomic mass is 35.5. The Morgan fingerprint density at radius 2 is 1.95 bits per heavy atom. The fourth-order valence-corrected chi connectivity index (χ4v) is 2.63. The molecule has 118 valence electrons. The smallest absolute Gasteiger partial charge is 0.240 e. The number of hydrogen-bond acceptors (Lipinski definition) is 3. The van der Waals surface area contributed by atoms with Gasteiger partial charge in [0.2, 0.25) is 5.91 Å². The first kappa shape index (κ1) is 17.9. The summed E-state index contributed by atoms with van der Waals surface area (Å²) in [4.78, 5) is 12.1. The van der Waals surface area contributed by atoms with Crippen molar-refractivity contribution in [3.8, 4) is 0 Å². The van der Waals surface area contributed by atoms with E-state index in [1.807, 2.05) is 0 Å². The number of nitrogens with one attached hydrogen (secondary N) is 1. The lowest BCUT2D eigenvalue weighted by atomic mass is 9.82. The quantitative estimate of drug-likeness (QED) is 0.796. The van der Waals surface area contributed by atoms with Crippen LogP contribution in [0.1, 0.15) is 43.8 Å². The van der Waals surface area contributed by atoms with E-state index in [1.54, 1.807) is 12.1 Å². The Bertz CT molecular complexity index is 478. The first-order valence-corrected chi connectivity index (χ1v) is 7.02. The first-order valence-electron chi connectivity index (χ1n) is 7.02. The number of hydrogen-bond donors (Lipinski definition) is 3. The minimum atomic E-state index is -1.06. The van der Waals surface area contributed by atoms with Gasteiger partial charge >= 0.3 is 0 Å². The molecule has 1 aromatic rings. The molecule has 4 N–H and O–H groups in total. The summed E-state index contributed by atoms with van der Waals surface area (Å²) >= 11 is 0. The Morgan fingerprint density at radius 1 is 1.33 bits per heavy atom. The van der Waals surface area contributed by atoms with Crippen molar-refractivity contribution in [3.05, 3.63) is 35.6 Å². The van der Waals surface area contributed by atoms with Crippen LogP contribution in [0.25, 0.3) is 0 Å². The number of halogens is 2. The van der Waals surface area contributed by atoms with Gasteiger partial charge in [0.25, 0.3) is 0 Å². The number of carbonyl (C=O) groups excluding carboxylic acids is 1. The van der Waals surface area contributed by atoms with Crippen molar-refractivity contribution in [3.63, 3.8) is 0 Å². The molecule has 1 saturated carbocycles. The van der Waals surface area contributed by atoms with Gasteiger partial charge < -0.3 is 16.2 Å². The molecule has 1 aliphatic rings. The molecule has 4 nitrogen and oxygen atoms in total. The molecular weight excluding hydrogens is 295 g/mol. The van der Waals surface area contributed by atoms with Crippen molar-refractivity contribution >= 4 is 18.3 Å². The fourth-order valence-electron chi connectivity index (χ4n) is 2.63. The number of rotatable bonds is 4. The highest BCUT2D eigenvalue weighted by Crippen LogP contribution is 2.26. The molecule has 1 atom stereocenters. The minimum Gasteiger partial charge on any atom is -0.386 e. The van der Waals surface area contributed by atoms with Crippen LogP contribution >= 0.6 is 12.4 Å². The van der Waals surface area contributed by atoms with E-state index in [1.165, 1.54) is 12.1 Å². The maximum Gasteiger partial charge on any atom is 0.240 e. The molecular formula is C15H22ClFN2O2. The van der Waals surface area contributed by atoms with Gasteiger partial charge in [0, 0.05) is 12.1 Å². The topological polar surface area (TPSA) is 75.4 Å². The molecule has 0 spiro atoms. The van der Waals surface area contributed by atoms with Gasteiger partial charge in [-0.2, -0.15) is 0 Å². The second kappa shape index (κ2) is 7.73. The summed E-state index contributed by atoms with van der Waals surface area (Å²) in [6.07, 6.45) is 3.25.